The van der Waals surface area contributed by atoms with Crippen molar-refractivity contribution >= 4 is 34.3 Å². The molecule has 4 aromatic rings. The van der Waals surface area contributed by atoms with Gasteiger partial charge in [0.2, 0.25) is 0 Å². The molecule has 1 heterocycles. The average molecular weight is 473 g/mol. The van der Waals surface area contributed by atoms with Gasteiger partial charge in [-0.05, 0) is 49.7 Å². The summed E-state index contributed by atoms with van der Waals surface area (Å²) in [5, 5.41) is 5.18. The lowest BCUT2D eigenvalue weighted by atomic mass is 10.1. The first-order chi connectivity index (χ1) is 16.5. The second-order valence-corrected chi connectivity index (χ2v) is 8.53. The third-order valence-electron chi connectivity index (χ3n) is 5.27. The van der Waals surface area contributed by atoms with Crippen LogP contribution in [0.15, 0.2) is 87.8 Å². The highest BCUT2D eigenvalue weighted by Gasteiger charge is 2.16. The molecule has 1 amide bonds. The van der Waals surface area contributed by atoms with Gasteiger partial charge in [0.15, 0.2) is 5.16 Å². The van der Waals surface area contributed by atoms with E-state index in [-0.39, 0.29) is 17.2 Å². The summed E-state index contributed by atoms with van der Waals surface area (Å²) >= 11 is 1.19. The third-order valence-corrected chi connectivity index (χ3v) is 6.21. The molecule has 0 saturated carbocycles. The van der Waals surface area contributed by atoms with Crippen molar-refractivity contribution in [1.82, 2.24) is 15.0 Å². The van der Waals surface area contributed by atoms with Crippen molar-refractivity contribution in [3.05, 3.63) is 94.3 Å². The van der Waals surface area contributed by atoms with Gasteiger partial charge >= 0.3 is 0 Å². The molecule has 1 aromatic heterocycles. The number of carbonyl (C=O) groups is 1. The Labute approximate surface area is 201 Å². The second-order valence-electron chi connectivity index (χ2n) is 7.59. The van der Waals surface area contributed by atoms with Crippen molar-refractivity contribution in [2.45, 2.75) is 19.0 Å². The number of hydrogen-bond donors (Lipinski definition) is 1. The average Bonchev–Trinajstić information content (AvgIpc) is 2.87. The Morgan fingerprint density at radius 2 is 1.85 bits per heavy atom. The fourth-order valence-electron chi connectivity index (χ4n) is 3.46. The number of rotatable bonds is 7. The van der Waals surface area contributed by atoms with E-state index in [0.29, 0.717) is 27.5 Å². The summed E-state index contributed by atoms with van der Waals surface area (Å²) < 4.78 is 6.80. The van der Waals surface area contributed by atoms with E-state index in [1.165, 1.54) is 11.8 Å². The van der Waals surface area contributed by atoms with Gasteiger partial charge in [0, 0.05) is 5.56 Å². The van der Waals surface area contributed by atoms with Gasteiger partial charge in [-0.15, -0.1) is 0 Å². The molecule has 0 atom stereocenters. The van der Waals surface area contributed by atoms with Gasteiger partial charge in [-0.2, -0.15) is 5.10 Å². The predicted octanol–water partition coefficient (Wildman–Crippen LogP) is 4.34. The number of thioether (sulfide) groups is 1. The van der Waals surface area contributed by atoms with Crippen LogP contribution in [0.5, 0.6) is 5.75 Å². The highest BCUT2D eigenvalue weighted by atomic mass is 32.2. The number of fused-ring (bicyclic) bond motifs is 1. The smallest absolute Gasteiger partial charge is 0.266 e. The Morgan fingerprint density at radius 1 is 1.09 bits per heavy atom. The monoisotopic (exact) mass is 472 g/mol. The minimum absolute atomic E-state index is 0.0472. The third kappa shape index (κ3) is 5.02. The maximum atomic E-state index is 13.3. The van der Waals surface area contributed by atoms with Crippen LogP contribution in [-0.4, -0.2) is 34.0 Å². The summed E-state index contributed by atoms with van der Waals surface area (Å²) in [6.45, 7) is 3.75. The van der Waals surface area contributed by atoms with E-state index in [1.54, 1.807) is 23.8 Å². The molecule has 0 aliphatic rings. The van der Waals surface area contributed by atoms with Gasteiger partial charge in [0.05, 0.1) is 35.2 Å². The summed E-state index contributed by atoms with van der Waals surface area (Å²) in [6.07, 6.45) is 0. The van der Waals surface area contributed by atoms with Gasteiger partial charge < -0.3 is 4.74 Å². The molecular weight excluding hydrogens is 448 g/mol. The molecule has 8 heteroatoms. The molecule has 3 aromatic carbocycles. The summed E-state index contributed by atoms with van der Waals surface area (Å²) in [5.41, 5.74) is 6.17. The molecule has 0 spiro atoms. The lowest BCUT2D eigenvalue weighted by Crippen LogP contribution is -2.25. The molecule has 7 nitrogen and oxygen atoms in total. The van der Waals surface area contributed by atoms with Crippen LogP contribution in [0.25, 0.3) is 16.6 Å². The zero-order valence-corrected chi connectivity index (χ0v) is 19.9. The molecule has 0 saturated heterocycles. The fraction of sp³-hybridized carbons (Fsp3) is 0.154. The van der Waals surface area contributed by atoms with Crippen LogP contribution in [-0.2, 0) is 4.79 Å². The van der Waals surface area contributed by atoms with Crippen LogP contribution in [0, 0.1) is 6.92 Å². The normalized spacial score (nSPS) is 11.4. The lowest BCUT2D eigenvalue weighted by Gasteiger charge is -2.14. The molecule has 0 unspecified atom stereocenters. The number of aromatic nitrogens is 2. The minimum Gasteiger partial charge on any atom is -0.497 e. The first kappa shape index (κ1) is 23.3. The van der Waals surface area contributed by atoms with Gasteiger partial charge in [0.25, 0.3) is 11.5 Å². The number of benzene rings is 3. The number of para-hydroxylation sites is 2. The van der Waals surface area contributed by atoms with Crippen molar-refractivity contribution in [2.24, 2.45) is 5.10 Å². The zero-order chi connectivity index (χ0) is 24.1. The number of nitrogens with zero attached hydrogens (tertiary/aromatic N) is 3. The van der Waals surface area contributed by atoms with Crippen molar-refractivity contribution in [3.8, 4) is 11.4 Å². The summed E-state index contributed by atoms with van der Waals surface area (Å²) in [6, 6.07) is 22.3. The predicted molar refractivity (Wildman–Crippen MR) is 136 cm³/mol. The van der Waals surface area contributed by atoms with Crippen molar-refractivity contribution < 1.29 is 9.53 Å². The van der Waals surface area contributed by atoms with Crippen LogP contribution in [0.4, 0.5) is 0 Å². The molecule has 0 aliphatic heterocycles. The van der Waals surface area contributed by atoms with Gasteiger partial charge in [-0.25, -0.2) is 10.4 Å². The number of hydrogen-bond acceptors (Lipinski definition) is 6. The van der Waals surface area contributed by atoms with E-state index >= 15 is 0 Å². The highest BCUT2D eigenvalue weighted by Crippen LogP contribution is 2.23. The molecule has 34 heavy (non-hydrogen) atoms. The minimum atomic E-state index is -0.300. The van der Waals surface area contributed by atoms with Crippen LogP contribution < -0.4 is 15.7 Å². The molecule has 172 valence electrons. The highest BCUT2D eigenvalue weighted by molar-refractivity contribution is 7.99. The number of nitrogens with one attached hydrogen (secondary N) is 1. The molecule has 0 bridgehead atoms. The number of amides is 1. The van der Waals surface area contributed by atoms with Gasteiger partial charge in [0.1, 0.15) is 5.75 Å². The second kappa shape index (κ2) is 10.4. The molecule has 4 rings (SSSR count). The first-order valence-corrected chi connectivity index (χ1v) is 11.6. The van der Waals surface area contributed by atoms with Crippen molar-refractivity contribution in [1.29, 1.82) is 0 Å². The Bertz CT molecular complexity index is 1450. The first-order valence-electron chi connectivity index (χ1n) is 10.7. The van der Waals surface area contributed by atoms with E-state index in [4.69, 9.17) is 4.74 Å². The van der Waals surface area contributed by atoms with Gasteiger partial charge in [-0.3, -0.25) is 14.2 Å². The van der Waals surface area contributed by atoms with Gasteiger partial charge in [-0.1, -0.05) is 54.2 Å². The zero-order valence-electron chi connectivity index (χ0n) is 19.1. The Morgan fingerprint density at radius 3 is 2.65 bits per heavy atom. The summed E-state index contributed by atoms with van der Waals surface area (Å²) in [7, 11) is 1.60. The maximum Gasteiger partial charge on any atom is 0.266 e. The SMILES string of the molecule is COc1cccc(/C(C)=N\NC(=O)CSc2nc3ccccc3c(=O)n2-c2ccccc2C)c1. The lowest BCUT2D eigenvalue weighted by molar-refractivity contribution is -0.118. The maximum absolute atomic E-state index is 13.3. The molecule has 1 N–H and O–H groups in total. The number of aryl methyl sites for hydroxylation is 1. The Balaban J connectivity index is 1.58. The quantitative estimate of drug-likeness (QED) is 0.187. The van der Waals surface area contributed by atoms with E-state index in [2.05, 4.69) is 15.5 Å². The van der Waals surface area contributed by atoms with Crippen LogP contribution in [0.3, 0.4) is 0 Å². The summed E-state index contributed by atoms with van der Waals surface area (Å²) in [4.78, 5) is 30.6. The van der Waals surface area contributed by atoms with Crippen LogP contribution >= 0.6 is 11.8 Å². The fourth-order valence-corrected chi connectivity index (χ4v) is 4.26. The Hall–Kier alpha value is -3.91. The van der Waals surface area contributed by atoms with E-state index in [1.807, 2.05) is 74.5 Å². The molecular formula is C26H24N4O3S. The number of methoxy groups -OCH3 is 1. The Kier molecular flexibility index (Phi) is 7.08. The number of ether oxygens (including phenoxy) is 1. The number of hydrazone groups is 1. The summed E-state index contributed by atoms with van der Waals surface area (Å²) in [5.74, 6) is 0.461. The van der Waals surface area contributed by atoms with E-state index < -0.39 is 0 Å². The van der Waals surface area contributed by atoms with Crippen LogP contribution in [0.2, 0.25) is 0 Å². The van der Waals surface area contributed by atoms with Crippen LogP contribution in [0.1, 0.15) is 18.1 Å². The molecule has 0 fully saturated rings. The number of carbonyl (C=O) groups excluding carboxylic acids is 1. The molecule has 0 aliphatic carbocycles. The van der Waals surface area contributed by atoms with Crippen molar-refractivity contribution in [2.75, 3.05) is 12.9 Å². The van der Waals surface area contributed by atoms with Crippen molar-refractivity contribution in [3.63, 3.8) is 0 Å². The standard InChI is InChI=1S/C26H24N4O3S/c1-17-9-4-7-14-23(17)30-25(32)21-12-5-6-13-22(21)27-26(30)34-16-24(31)29-28-18(2)19-10-8-11-20(15-19)33-3/h4-15H,16H2,1-3H3,(H,29,31)/b28-18-. The largest absolute Gasteiger partial charge is 0.497 e. The molecule has 0 radical (unpaired) electrons. The van der Waals surface area contributed by atoms with E-state index in [9.17, 15) is 9.59 Å². The topological polar surface area (TPSA) is 85.6 Å². The van der Waals surface area contributed by atoms with E-state index in [0.717, 1.165) is 16.8 Å².